The third-order valence-electron chi connectivity index (χ3n) is 3.24. The van der Waals surface area contributed by atoms with Crippen LogP contribution >= 0.6 is 0 Å². The Bertz CT molecular complexity index is 574. The predicted octanol–water partition coefficient (Wildman–Crippen LogP) is 3.29. The van der Waals surface area contributed by atoms with E-state index in [4.69, 9.17) is 14.9 Å². The van der Waals surface area contributed by atoms with Gasteiger partial charge in [0.05, 0.1) is 12.8 Å². The maximum absolute atomic E-state index is 5.57. The highest BCUT2D eigenvalue weighted by Crippen LogP contribution is 2.27. The van der Waals surface area contributed by atoms with Gasteiger partial charge in [0.2, 0.25) is 0 Å². The van der Waals surface area contributed by atoms with Gasteiger partial charge in [0.15, 0.2) is 0 Å². The number of aryl methyl sites for hydroxylation is 1. The van der Waals surface area contributed by atoms with Crippen LogP contribution in [0.3, 0.4) is 0 Å². The summed E-state index contributed by atoms with van der Waals surface area (Å²) in [6, 6.07) is 6.47. The summed E-state index contributed by atoms with van der Waals surface area (Å²) in [6.45, 7) is 6.22. The van der Waals surface area contributed by atoms with Gasteiger partial charge in [0, 0.05) is 12.0 Å². The van der Waals surface area contributed by atoms with Crippen LogP contribution < -0.4 is 10.5 Å². The van der Waals surface area contributed by atoms with E-state index in [0.29, 0.717) is 12.3 Å². The van der Waals surface area contributed by atoms with E-state index in [1.54, 1.807) is 7.11 Å². The van der Waals surface area contributed by atoms with Crippen molar-refractivity contribution in [3.63, 3.8) is 0 Å². The second-order valence-corrected chi connectivity index (χ2v) is 4.96. The normalized spacial score (nSPS) is 11.0. The summed E-state index contributed by atoms with van der Waals surface area (Å²) in [5.41, 5.74) is 8.82. The second-order valence-electron chi connectivity index (χ2n) is 4.96. The van der Waals surface area contributed by atoms with Crippen LogP contribution in [0.1, 0.15) is 42.3 Å². The molecule has 0 aliphatic carbocycles. The molecule has 4 heteroatoms. The highest BCUT2D eigenvalue weighted by Gasteiger charge is 2.12. The summed E-state index contributed by atoms with van der Waals surface area (Å²) >= 11 is 0. The fraction of sp³-hybridized carbons (Fsp3) is 0.400. The van der Waals surface area contributed by atoms with E-state index >= 15 is 0 Å². The molecule has 0 fully saturated rings. The molecule has 4 nitrogen and oxygen atoms in total. The zero-order valence-electron chi connectivity index (χ0n) is 11.9. The summed E-state index contributed by atoms with van der Waals surface area (Å²) in [7, 11) is 1.68. The number of anilines is 1. The van der Waals surface area contributed by atoms with Crippen LogP contribution in [-0.2, 0) is 6.42 Å². The van der Waals surface area contributed by atoms with Crippen LogP contribution in [0.5, 0.6) is 5.75 Å². The summed E-state index contributed by atoms with van der Waals surface area (Å²) in [4.78, 5) is 4.21. The molecule has 0 atom stereocenters. The molecule has 1 heterocycles. The van der Waals surface area contributed by atoms with E-state index < -0.39 is 0 Å². The molecule has 0 unspecified atom stereocenters. The van der Waals surface area contributed by atoms with Crippen LogP contribution in [-0.4, -0.2) is 12.1 Å². The molecule has 0 spiro atoms. The number of rotatable bonds is 4. The Balaban J connectivity index is 2.37. The minimum absolute atomic E-state index is 0.214. The highest BCUT2D eigenvalue weighted by molar-refractivity contribution is 5.41. The monoisotopic (exact) mass is 260 g/mol. The lowest BCUT2D eigenvalue weighted by molar-refractivity contribution is 0.410. The fourth-order valence-electron chi connectivity index (χ4n) is 2.09. The average molecular weight is 260 g/mol. The molecule has 102 valence electrons. The molecule has 19 heavy (non-hydrogen) atoms. The molecule has 0 aliphatic rings. The van der Waals surface area contributed by atoms with Gasteiger partial charge >= 0.3 is 0 Å². The topological polar surface area (TPSA) is 61.3 Å². The van der Waals surface area contributed by atoms with Gasteiger partial charge in [-0.1, -0.05) is 26.0 Å². The summed E-state index contributed by atoms with van der Waals surface area (Å²) in [5.74, 6) is 2.10. The zero-order valence-corrected chi connectivity index (χ0v) is 11.9. The van der Waals surface area contributed by atoms with Crippen molar-refractivity contribution in [1.29, 1.82) is 0 Å². The first-order chi connectivity index (χ1) is 9.01. The van der Waals surface area contributed by atoms with Crippen molar-refractivity contribution in [3.05, 3.63) is 40.8 Å². The Labute approximate surface area is 113 Å². The summed E-state index contributed by atoms with van der Waals surface area (Å²) < 4.78 is 10.7. The molecular formula is C15H20N2O2. The Kier molecular flexibility index (Phi) is 3.79. The van der Waals surface area contributed by atoms with Crippen molar-refractivity contribution in [3.8, 4) is 5.75 Å². The van der Waals surface area contributed by atoms with Gasteiger partial charge in [-0.05, 0) is 24.5 Å². The van der Waals surface area contributed by atoms with Crippen molar-refractivity contribution in [2.75, 3.05) is 12.8 Å². The molecule has 0 saturated carbocycles. The molecule has 0 bridgehead atoms. The van der Waals surface area contributed by atoms with Crippen molar-refractivity contribution in [1.82, 2.24) is 4.98 Å². The largest absolute Gasteiger partial charge is 0.496 e. The van der Waals surface area contributed by atoms with E-state index in [0.717, 1.165) is 22.8 Å². The number of methoxy groups -OCH3 is 1. The summed E-state index contributed by atoms with van der Waals surface area (Å²) in [6.07, 6.45) is 0.663. The highest BCUT2D eigenvalue weighted by atomic mass is 16.5. The molecule has 2 N–H and O–H groups in total. The first-order valence-corrected chi connectivity index (χ1v) is 6.40. The molecule has 1 aromatic heterocycles. The minimum Gasteiger partial charge on any atom is -0.496 e. The first kappa shape index (κ1) is 13.5. The lowest BCUT2D eigenvalue weighted by Gasteiger charge is -2.12. The Morgan fingerprint density at radius 3 is 2.63 bits per heavy atom. The quantitative estimate of drug-likeness (QED) is 0.916. The Morgan fingerprint density at radius 1 is 1.37 bits per heavy atom. The van der Waals surface area contributed by atoms with Crippen molar-refractivity contribution >= 4 is 6.01 Å². The first-order valence-electron chi connectivity index (χ1n) is 6.40. The minimum atomic E-state index is 0.214. The fourth-order valence-corrected chi connectivity index (χ4v) is 2.09. The van der Waals surface area contributed by atoms with E-state index in [1.807, 2.05) is 13.0 Å². The van der Waals surface area contributed by atoms with E-state index in [9.17, 15) is 0 Å². The third kappa shape index (κ3) is 2.89. The smallest absolute Gasteiger partial charge is 0.292 e. The van der Waals surface area contributed by atoms with Crippen molar-refractivity contribution in [2.45, 2.75) is 33.1 Å². The number of hydrogen-bond donors (Lipinski definition) is 1. The van der Waals surface area contributed by atoms with E-state index in [1.165, 1.54) is 5.56 Å². The van der Waals surface area contributed by atoms with Gasteiger partial charge in [-0.2, -0.15) is 4.98 Å². The molecule has 2 rings (SSSR count). The number of ether oxygens (including phenoxy) is 1. The van der Waals surface area contributed by atoms with E-state index in [2.05, 4.69) is 31.0 Å². The number of nitrogens with zero attached hydrogens (tertiary/aromatic N) is 1. The molecule has 0 saturated heterocycles. The van der Waals surface area contributed by atoms with Gasteiger partial charge in [-0.25, -0.2) is 0 Å². The number of benzene rings is 1. The summed E-state index contributed by atoms with van der Waals surface area (Å²) in [5, 5.41) is 0. The van der Waals surface area contributed by atoms with Gasteiger partial charge in [0.25, 0.3) is 6.01 Å². The van der Waals surface area contributed by atoms with Gasteiger partial charge < -0.3 is 14.9 Å². The predicted molar refractivity (Wildman–Crippen MR) is 75.5 cm³/mol. The Hall–Kier alpha value is -1.97. The van der Waals surface area contributed by atoms with Crippen LogP contribution in [0.25, 0.3) is 0 Å². The van der Waals surface area contributed by atoms with Gasteiger partial charge in [-0.15, -0.1) is 0 Å². The molecule has 0 amide bonds. The SMILES string of the molecule is COc1ccc(C(C)C)cc1Cc1nc(N)oc1C. The molecule has 0 radical (unpaired) electrons. The van der Waals surface area contributed by atoms with Gasteiger partial charge in [0.1, 0.15) is 11.5 Å². The molecule has 2 aromatic rings. The van der Waals surface area contributed by atoms with Crippen molar-refractivity contribution in [2.24, 2.45) is 0 Å². The number of oxazole rings is 1. The standard InChI is InChI=1S/C15H20N2O2/c1-9(2)11-5-6-14(18-4)12(7-11)8-13-10(3)19-15(16)17-13/h5-7,9H,8H2,1-4H3,(H2,16,17). The number of aromatic nitrogens is 1. The van der Waals surface area contributed by atoms with Crippen LogP contribution in [0, 0.1) is 6.92 Å². The second kappa shape index (κ2) is 5.34. The lowest BCUT2D eigenvalue weighted by Crippen LogP contribution is -1.98. The lowest BCUT2D eigenvalue weighted by atomic mass is 9.98. The number of hydrogen-bond acceptors (Lipinski definition) is 4. The maximum Gasteiger partial charge on any atom is 0.292 e. The number of nitrogens with two attached hydrogens (primary N) is 1. The molecule has 1 aromatic carbocycles. The van der Waals surface area contributed by atoms with E-state index in [-0.39, 0.29) is 6.01 Å². The zero-order chi connectivity index (χ0) is 14.0. The van der Waals surface area contributed by atoms with Crippen LogP contribution in [0.2, 0.25) is 0 Å². The molecular weight excluding hydrogens is 240 g/mol. The third-order valence-corrected chi connectivity index (χ3v) is 3.24. The Morgan fingerprint density at radius 2 is 2.11 bits per heavy atom. The maximum atomic E-state index is 5.57. The van der Waals surface area contributed by atoms with Crippen molar-refractivity contribution < 1.29 is 9.15 Å². The van der Waals surface area contributed by atoms with Crippen LogP contribution in [0.4, 0.5) is 6.01 Å². The van der Waals surface area contributed by atoms with Crippen LogP contribution in [0.15, 0.2) is 22.6 Å². The molecule has 0 aliphatic heterocycles. The van der Waals surface area contributed by atoms with Gasteiger partial charge in [-0.3, -0.25) is 0 Å². The average Bonchev–Trinajstić information content (AvgIpc) is 2.67. The number of nitrogen functional groups attached to an aromatic ring is 1.